The zero-order valence-corrected chi connectivity index (χ0v) is 15.3. The van der Waals surface area contributed by atoms with Gasteiger partial charge in [0.05, 0.1) is 32.2 Å². The molecule has 0 aromatic heterocycles. The second kappa shape index (κ2) is 9.61. The first kappa shape index (κ1) is 19.5. The Morgan fingerprint density at radius 2 is 1.23 bits per heavy atom. The molecule has 5 heteroatoms. The monoisotopic (exact) mass is 356 g/mol. The number of esters is 2. The highest BCUT2D eigenvalue weighted by Gasteiger charge is 2.38. The van der Waals surface area contributed by atoms with Crippen molar-refractivity contribution < 1.29 is 23.8 Å². The molecular weight excluding hydrogens is 332 g/mol. The van der Waals surface area contributed by atoms with E-state index in [4.69, 9.17) is 14.2 Å². The van der Waals surface area contributed by atoms with E-state index in [0.717, 1.165) is 0 Å². The van der Waals surface area contributed by atoms with Crippen molar-refractivity contribution in [1.29, 1.82) is 0 Å². The minimum atomic E-state index is -0.803. The van der Waals surface area contributed by atoms with E-state index in [1.165, 1.54) is 0 Å². The first-order valence-electron chi connectivity index (χ1n) is 8.64. The summed E-state index contributed by atoms with van der Waals surface area (Å²) in [6.07, 6.45) is 0. The zero-order valence-electron chi connectivity index (χ0n) is 15.3. The van der Waals surface area contributed by atoms with Crippen molar-refractivity contribution in [3.8, 4) is 5.75 Å². The van der Waals surface area contributed by atoms with Gasteiger partial charge in [-0.3, -0.25) is 9.59 Å². The van der Waals surface area contributed by atoms with Crippen LogP contribution in [0.2, 0.25) is 0 Å². The molecule has 0 amide bonds. The Hall–Kier alpha value is -2.82. The summed E-state index contributed by atoms with van der Waals surface area (Å²) in [5, 5.41) is 0. The summed E-state index contributed by atoms with van der Waals surface area (Å²) < 4.78 is 15.7. The largest absolute Gasteiger partial charge is 0.497 e. The van der Waals surface area contributed by atoms with Gasteiger partial charge in [0, 0.05) is 0 Å². The van der Waals surface area contributed by atoms with Crippen LogP contribution in [0.4, 0.5) is 0 Å². The van der Waals surface area contributed by atoms with Crippen LogP contribution in [0, 0.1) is 0 Å². The predicted molar refractivity (Wildman–Crippen MR) is 98.2 cm³/mol. The average molecular weight is 356 g/mol. The lowest BCUT2D eigenvalue weighted by Gasteiger charge is -2.25. The fourth-order valence-corrected chi connectivity index (χ4v) is 2.86. The van der Waals surface area contributed by atoms with Gasteiger partial charge in [0.2, 0.25) is 0 Å². The number of carbonyl (C=O) groups excluding carboxylic acids is 2. The van der Waals surface area contributed by atoms with Crippen LogP contribution in [0.3, 0.4) is 0 Å². The number of hydrogen-bond donors (Lipinski definition) is 0. The highest BCUT2D eigenvalue weighted by atomic mass is 16.5. The molecule has 0 N–H and O–H groups in total. The van der Waals surface area contributed by atoms with E-state index in [0.29, 0.717) is 16.9 Å². The van der Waals surface area contributed by atoms with Crippen LogP contribution < -0.4 is 4.74 Å². The Kier molecular flexibility index (Phi) is 7.21. The van der Waals surface area contributed by atoms with Gasteiger partial charge in [-0.1, -0.05) is 42.5 Å². The summed E-state index contributed by atoms with van der Waals surface area (Å²) in [7, 11) is 1.57. The fourth-order valence-electron chi connectivity index (χ4n) is 2.86. The van der Waals surface area contributed by atoms with Crippen LogP contribution >= 0.6 is 0 Å². The van der Waals surface area contributed by atoms with Gasteiger partial charge >= 0.3 is 11.9 Å². The summed E-state index contributed by atoms with van der Waals surface area (Å²) >= 11 is 0. The van der Waals surface area contributed by atoms with Gasteiger partial charge in [-0.2, -0.15) is 0 Å². The molecular formula is C21H24O5. The molecule has 0 aliphatic heterocycles. The maximum atomic E-state index is 12.8. The smallest absolute Gasteiger partial charge is 0.314 e. The van der Waals surface area contributed by atoms with Crippen LogP contribution in [0.15, 0.2) is 54.6 Å². The van der Waals surface area contributed by atoms with E-state index in [2.05, 4.69) is 0 Å². The van der Waals surface area contributed by atoms with Crippen LogP contribution in [0.5, 0.6) is 5.75 Å². The molecule has 0 fully saturated rings. The molecule has 5 nitrogen and oxygen atoms in total. The lowest BCUT2D eigenvalue weighted by Crippen LogP contribution is -2.29. The Bertz CT molecular complexity index is 709. The van der Waals surface area contributed by atoms with Gasteiger partial charge in [-0.25, -0.2) is 0 Å². The molecule has 26 heavy (non-hydrogen) atoms. The van der Waals surface area contributed by atoms with Gasteiger partial charge in [-0.15, -0.1) is 0 Å². The first-order chi connectivity index (χ1) is 12.6. The second-order valence-corrected chi connectivity index (χ2v) is 5.64. The minimum Gasteiger partial charge on any atom is -0.497 e. The molecule has 2 rings (SSSR count). The number of ether oxygens (including phenoxy) is 3. The number of hydrogen-bond acceptors (Lipinski definition) is 5. The SMILES string of the molecule is CCOC(=O)[C@H](c1ccccc1)[C@@H](C(=O)OCC)c1ccc(OC)cc1. The molecule has 2 atom stereocenters. The van der Waals surface area contributed by atoms with Gasteiger partial charge in [0.1, 0.15) is 5.75 Å². The van der Waals surface area contributed by atoms with Crippen molar-refractivity contribution in [3.05, 3.63) is 65.7 Å². The third-order valence-corrected chi connectivity index (χ3v) is 4.05. The standard InChI is InChI=1S/C21H24O5/c1-4-25-20(22)18(15-9-7-6-8-10-15)19(21(23)26-5-2)16-11-13-17(24-3)14-12-16/h6-14,18-19H,4-5H2,1-3H3/t18-,19+/m1/s1. The molecule has 0 saturated heterocycles. The zero-order chi connectivity index (χ0) is 18.9. The van der Waals surface area contributed by atoms with Gasteiger partial charge < -0.3 is 14.2 Å². The van der Waals surface area contributed by atoms with Crippen LogP contribution in [-0.2, 0) is 19.1 Å². The Morgan fingerprint density at radius 1 is 0.769 bits per heavy atom. The quantitative estimate of drug-likeness (QED) is 0.675. The lowest BCUT2D eigenvalue weighted by molar-refractivity contribution is -0.153. The highest BCUT2D eigenvalue weighted by molar-refractivity contribution is 5.90. The third-order valence-electron chi connectivity index (χ3n) is 4.05. The Balaban J connectivity index is 2.53. The highest BCUT2D eigenvalue weighted by Crippen LogP contribution is 2.36. The molecule has 0 saturated carbocycles. The van der Waals surface area contributed by atoms with Crippen molar-refractivity contribution in [2.45, 2.75) is 25.7 Å². The molecule has 138 valence electrons. The number of methoxy groups -OCH3 is 1. The first-order valence-corrected chi connectivity index (χ1v) is 8.64. The molecule has 0 unspecified atom stereocenters. The number of carbonyl (C=O) groups is 2. The third kappa shape index (κ3) is 4.63. The van der Waals surface area contributed by atoms with Gasteiger partial charge in [0.25, 0.3) is 0 Å². The number of benzene rings is 2. The average Bonchev–Trinajstić information content (AvgIpc) is 2.67. The molecule has 0 bridgehead atoms. The lowest BCUT2D eigenvalue weighted by atomic mass is 9.81. The maximum absolute atomic E-state index is 12.8. The predicted octanol–water partition coefficient (Wildman–Crippen LogP) is 3.69. The molecule has 0 heterocycles. The molecule has 0 radical (unpaired) electrons. The van der Waals surface area contributed by atoms with Crippen molar-refractivity contribution in [1.82, 2.24) is 0 Å². The fraction of sp³-hybridized carbons (Fsp3) is 0.333. The molecule has 0 spiro atoms. The Morgan fingerprint density at radius 3 is 1.65 bits per heavy atom. The topological polar surface area (TPSA) is 61.8 Å². The molecule has 0 aliphatic rings. The number of rotatable bonds is 8. The molecule has 2 aromatic carbocycles. The normalized spacial score (nSPS) is 12.7. The van der Waals surface area contributed by atoms with Crippen molar-refractivity contribution in [3.63, 3.8) is 0 Å². The Labute approximate surface area is 153 Å². The minimum absolute atomic E-state index is 0.232. The van der Waals surface area contributed by atoms with Crippen LogP contribution in [-0.4, -0.2) is 32.3 Å². The summed E-state index contributed by atoms with van der Waals surface area (Å²) in [4.78, 5) is 25.5. The van der Waals surface area contributed by atoms with E-state index in [9.17, 15) is 9.59 Å². The maximum Gasteiger partial charge on any atom is 0.314 e. The summed E-state index contributed by atoms with van der Waals surface area (Å²) in [6, 6.07) is 16.2. The van der Waals surface area contributed by atoms with Gasteiger partial charge in [0.15, 0.2) is 0 Å². The summed E-state index contributed by atoms with van der Waals surface area (Å²) in [6.45, 7) is 3.95. The molecule has 0 aliphatic carbocycles. The van der Waals surface area contributed by atoms with Crippen molar-refractivity contribution in [2.75, 3.05) is 20.3 Å². The van der Waals surface area contributed by atoms with E-state index >= 15 is 0 Å². The van der Waals surface area contributed by atoms with E-state index in [1.54, 1.807) is 45.2 Å². The van der Waals surface area contributed by atoms with E-state index in [1.807, 2.05) is 30.3 Å². The summed E-state index contributed by atoms with van der Waals surface area (Å²) in [5.74, 6) is -1.83. The summed E-state index contributed by atoms with van der Waals surface area (Å²) in [5.41, 5.74) is 1.38. The van der Waals surface area contributed by atoms with Crippen LogP contribution in [0.25, 0.3) is 0 Å². The van der Waals surface area contributed by atoms with Crippen LogP contribution in [0.1, 0.15) is 36.8 Å². The van der Waals surface area contributed by atoms with Gasteiger partial charge in [-0.05, 0) is 37.1 Å². The van der Waals surface area contributed by atoms with Crippen molar-refractivity contribution >= 4 is 11.9 Å². The van der Waals surface area contributed by atoms with E-state index in [-0.39, 0.29) is 13.2 Å². The second-order valence-electron chi connectivity index (χ2n) is 5.64. The van der Waals surface area contributed by atoms with E-state index < -0.39 is 23.8 Å². The molecule has 2 aromatic rings. The van der Waals surface area contributed by atoms with Crippen molar-refractivity contribution in [2.24, 2.45) is 0 Å².